The van der Waals surface area contributed by atoms with Crippen LogP contribution in [0.1, 0.15) is 21.6 Å². The number of amides is 2. The predicted octanol–water partition coefficient (Wildman–Crippen LogP) is 3.49. The van der Waals surface area contributed by atoms with Gasteiger partial charge in [0.15, 0.2) is 17.7 Å². The van der Waals surface area contributed by atoms with E-state index in [2.05, 4.69) is 15.8 Å². The highest BCUT2D eigenvalue weighted by Gasteiger charge is 2.21. The lowest BCUT2D eigenvalue weighted by atomic mass is 10.1. The number of halogens is 1. The molecule has 6 nitrogen and oxygen atoms in total. The number of carbonyl (C=O) groups excluding carboxylic acids is 2. The second-order valence-electron chi connectivity index (χ2n) is 5.91. The number of rotatable bonds is 5. The lowest BCUT2D eigenvalue weighted by molar-refractivity contribution is -0.128. The number of carbonyl (C=O) groups is 2. The van der Waals surface area contributed by atoms with Crippen molar-refractivity contribution in [1.82, 2.24) is 15.8 Å². The second kappa shape index (κ2) is 8.62. The smallest absolute Gasteiger partial charge is 0.282 e. The van der Waals surface area contributed by atoms with Gasteiger partial charge in [0.1, 0.15) is 4.88 Å². The van der Waals surface area contributed by atoms with E-state index in [1.165, 1.54) is 36.5 Å². The Labute approximate surface area is 165 Å². The first kappa shape index (κ1) is 19.5. The SMILES string of the molecule is Cc1nc(-c2ccccc2)c(C(=O)NNC(=O)[C@@H](C)Oc2ccccc2F)s1. The second-order valence-corrected chi connectivity index (χ2v) is 7.11. The molecule has 8 heteroatoms. The van der Waals surface area contributed by atoms with Gasteiger partial charge in [-0.3, -0.25) is 20.4 Å². The number of nitrogens with one attached hydrogen (secondary N) is 2. The van der Waals surface area contributed by atoms with Gasteiger partial charge in [-0.25, -0.2) is 9.37 Å². The molecule has 0 bridgehead atoms. The van der Waals surface area contributed by atoms with Gasteiger partial charge in [0, 0.05) is 5.56 Å². The van der Waals surface area contributed by atoms with Crippen LogP contribution in [0.3, 0.4) is 0 Å². The van der Waals surface area contributed by atoms with Crippen molar-refractivity contribution in [2.75, 3.05) is 0 Å². The number of para-hydroxylation sites is 1. The van der Waals surface area contributed by atoms with Crippen LogP contribution in [0.15, 0.2) is 54.6 Å². The van der Waals surface area contributed by atoms with Crippen LogP contribution in [0.5, 0.6) is 5.75 Å². The Morgan fingerprint density at radius 2 is 1.75 bits per heavy atom. The van der Waals surface area contributed by atoms with Crippen molar-refractivity contribution in [2.45, 2.75) is 20.0 Å². The first-order chi connectivity index (χ1) is 13.5. The van der Waals surface area contributed by atoms with Crippen molar-refractivity contribution in [3.8, 4) is 17.0 Å². The number of hydrogen-bond donors (Lipinski definition) is 2. The molecule has 0 radical (unpaired) electrons. The molecule has 0 unspecified atom stereocenters. The maximum atomic E-state index is 13.6. The fourth-order valence-corrected chi connectivity index (χ4v) is 3.27. The van der Waals surface area contributed by atoms with Gasteiger partial charge in [0.2, 0.25) is 0 Å². The molecular formula is C20H18FN3O3S. The van der Waals surface area contributed by atoms with Gasteiger partial charge < -0.3 is 4.74 Å². The van der Waals surface area contributed by atoms with E-state index < -0.39 is 23.7 Å². The summed E-state index contributed by atoms with van der Waals surface area (Å²) >= 11 is 1.23. The molecule has 2 amide bonds. The maximum absolute atomic E-state index is 13.6. The summed E-state index contributed by atoms with van der Waals surface area (Å²) in [6.45, 7) is 3.26. The first-order valence-corrected chi connectivity index (χ1v) is 9.31. The van der Waals surface area contributed by atoms with Gasteiger partial charge in [-0.1, -0.05) is 42.5 Å². The van der Waals surface area contributed by atoms with Crippen molar-refractivity contribution in [2.24, 2.45) is 0 Å². The number of benzene rings is 2. The third-order valence-electron chi connectivity index (χ3n) is 3.80. The highest BCUT2D eigenvalue weighted by atomic mass is 32.1. The summed E-state index contributed by atoms with van der Waals surface area (Å²) in [6.07, 6.45) is -1.01. The van der Waals surface area contributed by atoms with Crippen molar-refractivity contribution in [3.63, 3.8) is 0 Å². The monoisotopic (exact) mass is 399 g/mol. The van der Waals surface area contributed by atoms with Gasteiger partial charge in [-0.15, -0.1) is 11.3 Å². The lowest BCUT2D eigenvalue weighted by Gasteiger charge is -2.15. The van der Waals surface area contributed by atoms with Crippen LogP contribution in [-0.2, 0) is 4.79 Å². The minimum atomic E-state index is -1.01. The quantitative estimate of drug-likeness (QED) is 0.644. The molecule has 0 saturated heterocycles. The summed E-state index contributed by atoms with van der Waals surface area (Å²) in [6, 6.07) is 15.1. The molecule has 1 heterocycles. The van der Waals surface area contributed by atoms with Crippen LogP contribution in [-0.4, -0.2) is 22.9 Å². The fraction of sp³-hybridized carbons (Fsp3) is 0.150. The van der Waals surface area contributed by atoms with Crippen LogP contribution < -0.4 is 15.6 Å². The molecule has 0 spiro atoms. The molecule has 28 heavy (non-hydrogen) atoms. The van der Waals surface area contributed by atoms with Gasteiger partial charge >= 0.3 is 0 Å². The molecule has 0 saturated carbocycles. The number of ether oxygens (including phenoxy) is 1. The summed E-state index contributed by atoms with van der Waals surface area (Å²) < 4.78 is 18.9. The van der Waals surface area contributed by atoms with Crippen LogP contribution in [0.25, 0.3) is 11.3 Å². The molecule has 0 aliphatic carbocycles. The van der Waals surface area contributed by atoms with Crippen LogP contribution in [0.4, 0.5) is 4.39 Å². The zero-order valence-corrected chi connectivity index (χ0v) is 16.0. The fourth-order valence-electron chi connectivity index (χ4n) is 2.43. The largest absolute Gasteiger partial charge is 0.478 e. The number of hydrogen-bond acceptors (Lipinski definition) is 5. The Balaban J connectivity index is 1.64. The average molecular weight is 399 g/mol. The number of nitrogens with zero attached hydrogens (tertiary/aromatic N) is 1. The molecule has 0 aliphatic rings. The number of aryl methyl sites for hydroxylation is 1. The number of aromatic nitrogens is 1. The molecule has 3 rings (SSSR count). The number of hydrazine groups is 1. The summed E-state index contributed by atoms with van der Waals surface area (Å²) in [5, 5.41) is 0.728. The van der Waals surface area contributed by atoms with Gasteiger partial charge in [0.05, 0.1) is 10.7 Å². The van der Waals surface area contributed by atoms with Crippen LogP contribution >= 0.6 is 11.3 Å². The molecule has 0 fully saturated rings. The van der Waals surface area contributed by atoms with E-state index in [4.69, 9.17) is 4.74 Å². The average Bonchev–Trinajstić information content (AvgIpc) is 3.10. The van der Waals surface area contributed by atoms with E-state index in [1.54, 1.807) is 13.0 Å². The van der Waals surface area contributed by atoms with Crippen molar-refractivity contribution < 1.29 is 18.7 Å². The van der Waals surface area contributed by atoms with Crippen LogP contribution in [0.2, 0.25) is 0 Å². The Morgan fingerprint density at radius 3 is 2.46 bits per heavy atom. The van der Waals surface area contributed by atoms with Crippen molar-refractivity contribution in [3.05, 3.63) is 70.3 Å². The zero-order chi connectivity index (χ0) is 20.1. The van der Waals surface area contributed by atoms with Crippen LogP contribution in [0, 0.1) is 12.7 Å². The van der Waals surface area contributed by atoms with E-state index >= 15 is 0 Å². The molecule has 1 atom stereocenters. The summed E-state index contributed by atoms with van der Waals surface area (Å²) in [7, 11) is 0. The Kier molecular flexibility index (Phi) is 6.00. The third-order valence-corrected chi connectivity index (χ3v) is 4.77. The van der Waals surface area contributed by atoms with Gasteiger partial charge in [-0.05, 0) is 26.0 Å². The lowest BCUT2D eigenvalue weighted by Crippen LogP contribution is -2.47. The maximum Gasteiger partial charge on any atom is 0.282 e. The van der Waals surface area contributed by atoms with E-state index in [0.29, 0.717) is 10.6 Å². The molecule has 2 aromatic carbocycles. The molecule has 2 N–H and O–H groups in total. The standard InChI is InChI=1S/C20H18FN3O3S/c1-12(27-16-11-7-6-10-15(16)21)19(25)23-24-20(26)18-17(22-13(2)28-18)14-8-4-3-5-9-14/h3-12H,1-2H3,(H,23,25)(H,24,26)/t12-/m1/s1. The minimum Gasteiger partial charge on any atom is -0.478 e. The first-order valence-electron chi connectivity index (χ1n) is 8.50. The summed E-state index contributed by atoms with van der Waals surface area (Å²) in [5.41, 5.74) is 6.01. The predicted molar refractivity (Wildman–Crippen MR) is 104 cm³/mol. The molecule has 1 aromatic heterocycles. The van der Waals surface area contributed by atoms with E-state index in [9.17, 15) is 14.0 Å². The highest BCUT2D eigenvalue weighted by molar-refractivity contribution is 7.14. The van der Waals surface area contributed by atoms with Gasteiger partial charge in [-0.2, -0.15) is 0 Å². The topological polar surface area (TPSA) is 80.3 Å². The summed E-state index contributed by atoms with van der Waals surface area (Å²) in [4.78, 5) is 29.5. The minimum absolute atomic E-state index is 0.0408. The molecule has 144 valence electrons. The van der Waals surface area contributed by atoms with Gasteiger partial charge in [0.25, 0.3) is 11.8 Å². The molecular weight excluding hydrogens is 381 g/mol. The Hall–Kier alpha value is -3.26. The zero-order valence-electron chi connectivity index (χ0n) is 15.2. The highest BCUT2D eigenvalue weighted by Crippen LogP contribution is 2.27. The van der Waals surface area contributed by atoms with Crippen molar-refractivity contribution >= 4 is 23.2 Å². The van der Waals surface area contributed by atoms with E-state index in [1.807, 2.05) is 30.3 Å². The normalized spacial score (nSPS) is 11.5. The Bertz CT molecular complexity index is 991. The molecule has 0 aliphatic heterocycles. The van der Waals surface area contributed by atoms with Crippen molar-refractivity contribution in [1.29, 1.82) is 0 Å². The number of thiazole rings is 1. The summed E-state index contributed by atoms with van der Waals surface area (Å²) in [5.74, 6) is -1.71. The Morgan fingerprint density at radius 1 is 1.07 bits per heavy atom. The van der Waals surface area contributed by atoms with E-state index in [0.717, 1.165) is 10.6 Å². The molecule has 3 aromatic rings. The third kappa shape index (κ3) is 4.52. The van der Waals surface area contributed by atoms with E-state index in [-0.39, 0.29) is 5.75 Å².